The molecular weight excluding hydrogens is 404 g/mol. The standard InChI is InChI=1S/C25H36N4O3/c1-18(2)23(30)28(13-10-19-6-4-3-5-7-19)21-16-22(25(32)27-14-11-26-12-15-27)29(17-21)24(31)20-8-9-20/h3-7,18,20-22,26H,8-17H2,1-2H3. The molecule has 1 N–H and O–H groups in total. The Bertz CT molecular complexity index is 818. The maximum Gasteiger partial charge on any atom is 0.245 e. The summed E-state index contributed by atoms with van der Waals surface area (Å²) in [6.45, 7) is 7.83. The Balaban J connectivity index is 1.52. The highest BCUT2D eigenvalue weighted by Gasteiger charge is 2.47. The number of amides is 3. The zero-order chi connectivity index (χ0) is 22.7. The van der Waals surface area contributed by atoms with Gasteiger partial charge in [0, 0.05) is 51.1 Å². The van der Waals surface area contributed by atoms with Crippen molar-refractivity contribution in [2.75, 3.05) is 39.3 Å². The lowest BCUT2D eigenvalue weighted by Crippen LogP contribution is -2.53. The summed E-state index contributed by atoms with van der Waals surface area (Å²) in [5.41, 5.74) is 1.19. The zero-order valence-electron chi connectivity index (χ0n) is 19.3. The van der Waals surface area contributed by atoms with E-state index in [1.807, 2.05) is 41.8 Å². The molecule has 0 spiro atoms. The van der Waals surface area contributed by atoms with Crippen LogP contribution in [0.1, 0.15) is 38.7 Å². The van der Waals surface area contributed by atoms with Gasteiger partial charge in [0.05, 0.1) is 6.04 Å². The molecule has 1 aliphatic carbocycles. The van der Waals surface area contributed by atoms with Gasteiger partial charge < -0.3 is 20.0 Å². The molecule has 0 bridgehead atoms. The largest absolute Gasteiger partial charge is 0.338 e. The van der Waals surface area contributed by atoms with Crippen molar-refractivity contribution < 1.29 is 14.4 Å². The molecule has 32 heavy (non-hydrogen) atoms. The number of piperazine rings is 1. The Morgan fingerprint density at radius 1 is 1.06 bits per heavy atom. The molecule has 0 radical (unpaired) electrons. The predicted octanol–water partition coefficient (Wildman–Crippen LogP) is 1.53. The van der Waals surface area contributed by atoms with Gasteiger partial charge in [-0.05, 0) is 31.2 Å². The van der Waals surface area contributed by atoms with Crippen LogP contribution in [0.5, 0.6) is 0 Å². The van der Waals surface area contributed by atoms with E-state index in [9.17, 15) is 14.4 Å². The molecule has 1 aromatic carbocycles. The quantitative estimate of drug-likeness (QED) is 0.698. The van der Waals surface area contributed by atoms with Gasteiger partial charge in [0.1, 0.15) is 6.04 Å². The summed E-state index contributed by atoms with van der Waals surface area (Å²) in [4.78, 5) is 45.3. The first-order valence-electron chi connectivity index (χ1n) is 12.1. The van der Waals surface area contributed by atoms with Gasteiger partial charge in [-0.3, -0.25) is 14.4 Å². The van der Waals surface area contributed by atoms with E-state index in [0.717, 1.165) is 32.4 Å². The fraction of sp³-hybridized carbons (Fsp3) is 0.640. The van der Waals surface area contributed by atoms with Gasteiger partial charge in [0.2, 0.25) is 17.7 Å². The lowest BCUT2D eigenvalue weighted by Gasteiger charge is -2.32. The Labute approximate surface area is 191 Å². The maximum atomic E-state index is 13.4. The summed E-state index contributed by atoms with van der Waals surface area (Å²) in [7, 11) is 0. The van der Waals surface area contributed by atoms with Gasteiger partial charge in [0.15, 0.2) is 0 Å². The van der Waals surface area contributed by atoms with Crippen molar-refractivity contribution >= 4 is 17.7 Å². The van der Waals surface area contributed by atoms with Crippen molar-refractivity contribution in [3.05, 3.63) is 35.9 Å². The first-order chi connectivity index (χ1) is 15.5. The Kier molecular flexibility index (Phi) is 7.13. The number of carbonyl (C=O) groups excluding carboxylic acids is 3. The summed E-state index contributed by atoms with van der Waals surface area (Å²) in [5.74, 6) is 0.177. The molecule has 3 fully saturated rings. The van der Waals surface area contributed by atoms with E-state index in [4.69, 9.17) is 0 Å². The van der Waals surface area contributed by atoms with Crippen LogP contribution in [0.2, 0.25) is 0 Å². The number of nitrogens with one attached hydrogen (secondary N) is 1. The van der Waals surface area contributed by atoms with Crippen molar-refractivity contribution in [1.82, 2.24) is 20.0 Å². The SMILES string of the molecule is CC(C)C(=O)N(CCc1ccccc1)C1CC(C(=O)N2CCNCC2)N(C(=O)C2CC2)C1. The Morgan fingerprint density at radius 3 is 2.38 bits per heavy atom. The highest BCUT2D eigenvalue weighted by molar-refractivity contribution is 5.90. The van der Waals surface area contributed by atoms with E-state index >= 15 is 0 Å². The van der Waals surface area contributed by atoms with Gasteiger partial charge in [-0.1, -0.05) is 44.2 Å². The van der Waals surface area contributed by atoms with Crippen LogP contribution >= 0.6 is 0 Å². The molecular formula is C25H36N4O3. The number of likely N-dealkylation sites (tertiary alicyclic amines) is 1. The lowest BCUT2D eigenvalue weighted by molar-refractivity contribution is -0.144. The van der Waals surface area contributed by atoms with Crippen molar-refractivity contribution in [2.24, 2.45) is 11.8 Å². The van der Waals surface area contributed by atoms with Gasteiger partial charge in [-0.15, -0.1) is 0 Å². The van der Waals surface area contributed by atoms with Crippen LogP contribution < -0.4 is 5.32 Å². The molecule has 2 aliphatic heterocycles. The fourth-order valence-corrected chi connectivity index (χ4v) is 4.88. The molecule has 1 aromatic rings. The minimum absolute atomic E-state index is 0.0444. The third-order valence-electron chi connectivity index (χ3n) is 6.90. The monoisotopic (exact) mass is 440 g/mol. The van der Waals surface area contributed by atoms with Crippen LogP contribution in [0, 0.1) is 11.8 Å². The summed E-state index contributed by atoms with van der Waals surface area (Å²) in [6.07, 6.45) is 3.13. The number of hydrogen-bond donors (Lipinski definition) is 1. The average molecular weight is 441 g/mol. The summed E-state index contributed by atoms with van der Waals surface area (Å²) < 4.78 is 0. The summed E-state index contributed by atoms with van der Waals surface area (Å²) >= 11 is 0. The topological polar surface area (TPSA) is 73.0 Å². The normalized spacial score (nSPS) is 23.5. The number of nitrogens with zero attached hydrogens (tertiary/aromatic N) is 3. The van der Waals surface area contributed by atoms with Crippen LogP contribution in [0.3, 0.4) is 0 Å². The predicted molar refractivity (Wildman–Crippen MR) is 123 cm³/mol. The molecule has 2 heterocycles. The third-order valence-corrected chi connectivity index (χ3v) is 6.90. The van der Waals surface area contributed by atoms with Crippen molar-refractivity contribution in [2.45, 2.75) is 51.6 Å². The minimum atomic E-state index is -0.453. The van der Waals surface area contributed by atoms with Crippen molar-refractivity contribution in [3.8, 4) is 0 Å². The van der Waals surface area contributed by atoms with Gasteiger partial charge >= 0.3 is 0 Å². The molecule has 174 valence electrons. The molecule has 4 rings (SSSR count). The maximum absolute atomic E-state index is 13.4. The molecule has 2 unspecified atom stereocenters. The van der Waals surface area contributed by atoms with Crippen molar-refractivity contribution in [3.63, 3.8) is 0 Å². The molecule has 2 saturated heterocycles. The van der Waals surface area contributed by atoms with E-state index in [-0.39, 0.29) is 35.6 Å². The number of benzene rings is 1. The Hall–Kier alpha value is -2.41. The smallest absolute Gasteiger partial charge is 0.245 e. The first kappa shape index (κ1) is 22.8. The van der Waals surface area contributed by atoms with Gasteiger partial charge in [0.25, 0.3) is 0 Å². The van der Waals surface area contributed by atoms with Crippen LogP contribution in [0.25, 0.3) is 0 Å². The third kappa shape index (κ3) is 5.14. The molecule has 7 nitrogen and oxygen atoms in total. The fourth-order valence-electron chi connectivity index (χ4n) is 4.88. The van der Waals surface area contributed by atoms with E-state index in [1.54, 1.807) is 4.90 Å². The number of rotatable bonds is 7. The molecule has 3 aliphatic rings. The molecule has 2 atom stereocenters. The van der Waals surface area contributed by atoms with E-state index in [0.29, 0.717) is 32.6 Å². The van der Waals surface area contributed by atoms with Crippen LogP contribution in [-0.4, -0.2) is 83.8 Å². The van der Waals surface area contributed by atoms with Gasteiger partial charge in [-0.2, -0.15) is 0 Å². The second-order valence-electron chi connectivity index (χ2n) is 9.67. The number of hydrogen-bond acceptors (Lipinski definition) is 4. The lowest BCUT2D eigenvalue weighted by atomic mass is 10.0. The molecule has 0 aromatic heterocycles. The summed E-state index contributed by atoms with van der Waals surface area (Å²) in [5, 5.41) is 3.28. The van der Waals surface area contributed by atoms with E-state index in [2.05, 4.69) is 17.4 Å². The van der Waals surface area contributed by atoms with Crippen LogP contribution in [0.15, 0.2) is 30.3 Å². The Morgan fingerprint density at radius 2 is 1.75 bits per heavy atom. The van der Waals surface area contributed by atoms with Crippen molar-refractivity contribution in [1.29, 1.82) is 0 Å². The van der Waals surface area contributed by atoms with E-state index in [1.165, 1.54) is 5.56 Å². The minimum Gasteiger partial charge on any atom is -0.338 e. The van der Waals surface area contributed by atoms with Crippen LogP contribution in [0.4, 0.5) is 0 Å². The van der Waals surface area contributed by atoms with E-state index < -0.39 is 6.04 Å². The molecule has 7 heteroatoms. The average Bonchev–Trinajstić information content (AvgIpc) is 3.58. The summed E-state index contributed by atoms with van der Waals surface area (Å²) in [6, 6.07) is 9.60. The zero-order valence-corrected chi connectivity index (χ0v) is 19.3. The number of carbonyl (C=O) groups is 3. The highest BCUT2D eigenvalue weighted by Crippen LogP contribution is 2.35. The van der Waals surface area contributed by atoms with Gasteiger partial charge in [-0.25, -0.2) is 0 Å². The second-order valence-corrected chi connectivity index (χ2v) is 9.67. The molecule has 3 amide bonds. The highest BCUT2D eigenvalue weighted by atomic mass is 16.2. The molecule has 1 saturated carbocycles. The first-order valence-corrected chi connectivity index (χ1v) is 12.1. The van der Waals surface area contributed by atoms with Crippen LogP contribution in [-0.2, 0) is 20.8 Å². The second kappa shape index (κ2) is 10.0.